The topological polar surface area (TPSA) is 57.6 Å². The summed E-state index contributed by atoms with van der Waals surface area (Å²) in [6.07, 6.45) is 0.260. The van der Waals surface area contributed by atoms with Crippen molar-refractivity contribution >= 4 is 27.8 Å². The van der Waals surface area contributed by atoms with Crippen LogP contribution in [0.15, 0.2) is 28.7 Å². The highest BCUT2D eigenvalue weighted by Crippen LogP contribution is 2.12. The maximum atomic E-state index is 11.4. The minimum absolute atomic E-state index is 0.368. The van der Waals surface area contributed by atoms with Crippen LogP contribution < -0.4 is 0 Å². The Morgan fingerprint density at radius 3 is 2.71 bits per heavy atom. The van der Waals surface area contributed by atoms with Crippen molar-refractivity contribution in [2.75, 3.05) is 13.6 Å². The first-order valence-corrected chi connectivity index (χ1v) is 5.98. The molecule has 0 fully saturated rings. The minimum atomic E-state index is -1.09. The number of carbonyl (C=O) groups excluding carboxylic acids is 1. The fraction of sp³-hybridized carbons (Fsp3) is 0.333. The Labute approximate surface area is 108 Å². The van der Waals surface area contributed by atoms with Crippen molar-refractivity contribution in [1.29, 1.82) is 0 Å². The van der Waals surface area contributed by atoms with E-state index in [1.165, 1.54) is 4.90 Å². The molecule has 0 aromatic heterocycles. The van der Waals surface area contributed by atoms with Crippen molar-refractivity contribution in [1.82, 2.24) is 4.90 Å². The highest BCUT2D eigenvalue weighted by atomic mass is 79.9. The number of aliphatic carboxylic acids is 1. The molecule has 1 rings (SSSR count). The number of carboxylic acids is 1. The first kappa shape index (κ1) is 13.7. The second kappa shape index (κ2) is 6.39. The maximum absolute atomic E-state index is 11.4. The van der Waals surface area contributed by atoms with Crippen LogP contribution in [-0.2, 0) is 16.0 Å². The van der Waals surface area contributed by atoms with Gasteiger partial charge in [-0.2, -0.15) is 0 Å². The molecule has 92 valence electrons. The number of likely N-dealkylation sites (N-methyl/N-ethyl adjacent to an activating group) is 1. The van der Waals surface area contributed by atoms with Gasteiger partial charge in [-0.15, -0.1) is 0 Å². The molecule has 5 heteroatoms. The molecule has 0 spiro atoms. The molecule has 0 heterocycles. The van der Waals surface area contributed by atoms with Crippen LogP contribution in [0.3, 0.4) is 0 Å². The Balaban J connectivity index is 2.45. The lowest BCUT2D eigenvalue weighted by molar-refractivity contribution is -0.143. The summed E-state index contributed by atoms with van der Waals surface area (Å²) in [6.45, 7) is 0.516. The van der Waals surface area contributed by atoms with Crippen LogP contribution in [0, 0.1) is 0 Å². The monoisotopic (exact) mass is 299 g/mol. The van der Waals surface area contributed by atoms with Crippen molar-refractivity contribution < 1.29 is 14.7 Å². The Kier molecular flexibility index (Phi) is 5.15. The van der Waals surface area contributed by atoms with Crippen molar-refractivity contribution in [3.8, 4) is 0 Å². The normalized spacial score (nSPS) is 10.0. The first-order valence-electron chi connectivity index (χ1n) is 5.19. The van der Waals surface area contributed by atoms with Crippen LogP contribution >= 0.6 is 15.9 Å². The molecular formula is C12H14BrNO3. The molecule has 0 radical (unpaired) electrons. The van der Waals surface area contributed by atoms with Crippen LogP contribution in [0.1, 0.15) is 12.0 Å². The Morgan fingerprint density at radius 2 is 2.12 bits per heavy atom. The number of nitrogens with zero attached hydrogens (tertiary/aromatic N) is 1. The fourth-order valence-electron chi connectivity index (χ4n) is 1.38. The molecule has 0 unspecified atom stereocenters. The molecule has 1 amide bonds. The molecule has 0 bridgehead atoms. The minimum Gasteiger partial charge on any atom is -0.481 e. The largest absolute Gasteiger partial charge is 0.481 e. The number of carbonyl (C=O) groups is 2. The molecule has 1 aromatic carbocycles. The third-order valence-corrected chi connectivity index (χ3v) is 2.85. The van der Waals surface area contributed by atoms with E-state index in [1.54, 1.807) is 7.05 Å². The number of hydrogen-bond acceptors (Lipinski definition) is 2. The summed E-state index contributed by atoms with van der Waals surface area (Å²) in [5, 5.41) is 8.50. The van der Waals surface area contributed by atoms with Gasteiger partial charge in [0.2, 0.25) is 5.91 Å². The lowest BCUT2D eigenvalue weighted by atomic mass is 10.1. The summed E-state index contributed by atoms with van der Waals surface area (Å²) in [5.74, 6) is -1.46. The van der Waals surface area contributed by atoms with Crippen LogP contribution in [0.4, 0.5) is 0 Å². The third-order valence-electron chi connectivity index (χ3n) is 2.35. The van der Waals surface area contributed by atoms with E-state index in [2.05, 4.69) is 15.9 Å². The number of benzene rings is 1. The van der Waals surface area contributed by atoms with Gasteiger partial charge in [-0.1, -0.05) is 28.1 Å². The van der Waals surface area contributed by atoms with Crippen LogP contribution in [0.5, 0.6) is 0 Å². The van der Waals surface area contributed by atoms with Crippen molar-refractivity contribution in [2.45, 2.75) is 12.8 Å². The molecule has 0 saturated heterocycles. The van der Waals surface area contributed by atoms with Crippen molar-refractivity contribution in [3.05, 3.63) is 34.3 Å². The van der Waals surface area contributed by atoms with E-state index in [9.17, 15) is 9.59 Å². The summed E-state index contributed by atoms with van der Waals surface area (Å²) in [7, 11) is 1.61. The van der Waals surface area contributed by atoms with E-state index in [1.807, 2.05) is 24.3 Å². The Morgan fingerprint density at radius 1 is 1.41 bits per heavy atom. The van der Waals surface area contributed by atoms with Gasteiger partial charge < -0.3 is 10.0 Å². The predicted molar refractivity (Wildman–Crippen MR) is 67.7 cm³/mol. The maximum Gasteiger partial charge on any atom is 0.312 e. The number of carboxylic acid groups (broad SMARTS) is 1. The van der Waals surface area contributed by atoms with Gasteiger partial charge >= 0.3 is 5.97 Å². The first-order chi connectivity index (χ1) is 7.99. The SMILES string of the molecule is CN(CCc1cccc(Br)c1)C(=O)CC(=O)O. The summed E-state index contributed by atoms with van der Waals surface area (Å²) in [5.41, 5.74) is 1.11. The van der Waals surface area contributed by atoms with E-state index >= 15 is 0 Å². The highest BCUT2D eigenvalue weighted by Gasteiger charge is 2.12. The van der Waals surface area contributed by atoms with Gasteiger partial charge in [0.1, 0.15) is 6.42 Å². The zero-order valence-corrected chi connectivity index (χ0v) is 11.1. The Bertz CT molecular complexity index is 420. The van der Waals surface area contributed by atoms with Crippen molar-refractivity contribution in [2.24, 2.45) is 0 Å². The standard InChI is InChI=1S/C12H14BrNO3/c1-14(11(15)8-12(16)17)6-5-9-3-2-4-10(13)7-9/h2-4,7H,5-6,8H2,1H3,(H,16,17). The third kappa shape index (κ3) is 4.99. The summed E-state index contributed by atoms with van der Waals surface area (Å²) < 4.78 is 0.995. The second-order valence-corrected chi connectivity index (χ2v) is 4.68. The molecule has 0 aliphatic rings. The molecule has 0 aliphatic heterocycles. The van der Waals surface area contributed by atoms with Crippen LogP contribution in [-0.4, -0.2) is 35.5 Å². The van der Waals surface area contributed by atoms with Gasteiger partial charge in [0.05, 0.1) is 0 Å². The van der Waals surface area contributed by atoms with Gasteiger partial charge in [0.25, 0.3) is 0 Å². The molecule has 0 atom stereocenters. The van der Waals surface area contributed by atoms with Crippen LogP contribution in [0.2, 0.25) is 0 Å². The molecule has 0 aliphatic carbocycles. The molecule has 0 saturated carbocycles. The summed E-state index contributed by atoms with van der Waals surface area (Å²) >= 11 is 3.37. The molecule has 1 aromatic rings. The zero-order chi connectivity index (χ0) is 12.8. The molecule has 1 N–H and O–H groups in total. The van der Waals surface area contributed by atoms with Crippen LogP contribution in [0.25, 0.3) is 0 Å². The van der Waals surface area contributed by atoms with Gasteiger partial charge in [-0.25, -0.2) is 0 Å². The lowest BCUT2D eigenvalue weighted by Gasteiger charge is -2.16. The van der Waals surface area contributed by atoms with E-state index < -0.39 is 12.4 Å². The van der Waals surface area contributed by atoms with Gasteiger partial charge in [-0.05, 0) is 24.1 Å². The molecule has 4 nitrogen and oxygen atoms in total. The summed E-state index contributed by atoms with van der Waals surface area (Å²) in [6, 6.07) is 7.82. The van der Waals surface area contributed by atoms with Crippen molar-refractivity contribution in [3.63, 3.8) is 0 Å². The number of rotatable bonds is 5. The quantitative estimate of drug-likeness (QED) is 0.845. The van der Waals surface area contributed by atoms with E-state index in [0.29, 0.717) is 13.0 Å². The van der Waals surface area contributed by atoms with E-state index in [-0.39, 0.29) is 5.91 Å². The average Bonchev–Trinajstić information content (AvgIpc) is 2.25. The number of halogens is 1. The lowest BCUT2D eigenvalue weighted by Crippen LogP contribution is -2.30. The highest BCUT2D eigenvalue weighted by molar-refractivity contribution is 9.10. The fourth-order valence-corrected chi connectivity index (χ4v) is 1.82. The predicted octanol–water partition coefficient (Wildman–Crippen LogP) is 1.92. The Hall–Kier alpha value is -1.36. The second-order valence-electron chi connectivity index (χ2n) is 3.77. The zero-order valence-electron chi connectivity index (χ0n) is 9.52. The van der Waals surface area contributed by atoms with Gasteiger partial charge in [0.15, 0.2) is 0 Å². The van der Waals surface area contributed by atoms with E-state index in [0.717, 1.165) is 10.0 Å². The van der Waals surface area contributed by atoms with Gasteiger partial charge in [-0.3, -0.25) is 9.59 Å². The van der Waals surface area contributed by atoms with Gasteiger partial charge in [0, 0.05) is 18.1 Å². The average molecular weight is 300 g/mol. The number of amides is 1. The molecular weight excluding hydrogens is 286 g/mol. The smallest absolute Gasteiger partial charge is 0.312 e. The summed E-state index contributed by atoms with van der Waals surface area (Å²) in [4.78, 5) is 23.2. The molecule has 17 heavy (non-hydrogen) atoms. The number of hydrogen-bond donors (Lipinski definition) is 1. The van der Waals surface area contributed by atoms with E-state index in [4.69, 9.17) is 5.11 Å².